The van der Waals surface area contributed by atoms with Crippen LogP contribution in [-0.2, 0) is 17.8 Å². The molecule has 2 amide bonds. The van der Waals surface area contributed by atoms with Gasteiger partial charge in [0, 0.05) is 35.5 Å². The molecule has 2 aromatic carbocycles. The number of benzene rings is 2. The maximum atomic E-state index is 13.0. The zero-order chi connectivity index (χ0) is 24.5. The number of carbonyl (C=O) groups is 2. The minimum atomic E-state index is 0.0193. The van der Waals surface area contributed by atoms with Crippen molar-refractivity contribution in [3.8, 4) is 11.4 Å². The van der Waals surface area contributed by atoms with Crippen LogP contribution in [0.25, 0.3) is 11.4 Å². The van der Waals surface area contributed by atoms with Gasteiger partial charge in [-0.05, 0) is 55.4 Å². The van der Waals surface area contributed by atoms with Crippen LogP contribution >= 0.6 is 0 Å². The molecule has 0 bridgehead atoms. The van der Waals surface area contributed by atoms with Gasteiger partial charge in [-0.15, -0.1) is 0 Å². The zero-order valence-electron chi connectivity index (χ0n) is 20.7. The van der Waals surface area contributed by atoms with Gasteiger partial charge in [0.25, 0.3) is 5.91 Å². The van der Waals surface area contributed by atoms with Crippen LogP contribution < -0.4 is 4.90 Å². The highest BCUT2D eigenvalue weighted by Gasteiger charge is 2.30. The number of piperidine rings is 1. The highest BCUT2D eigenvalue weighted by atomic mass is 16.2. The largest absolute Gasteiger partial charge is 0.336 e. The Morgan fingerprint density at radius 1 is 1.09 bits per heavy atom. The standard InChI is InChI=1S/C29H32N4O2/c1-19(2)24-9-4-5-10-25(24)27-30-17-23-16-26(34)33(28(23)31-27)18-21-11-13-22(14-12-21)29(35)32-15-7-6-8-20(32)3/h4-5,9-14,17,19-20H,6-8,15-16,18H2,1-3H3. The highest BCUT2D eigenvalue weighted by molar-refractivity contribution is 6.00. The zero-order valence-corrected chi connectivity index (χ0v) is 20.7. The molecule has 3 aromatic rings. The molecule has 0 aliphatic carbocycles. The molecular formula is C29H32N4O2. The van der Waals surface area contributed by atoms with E-state index in [0.29, 0.717) is 36.1 Å². The Kier molecular flexibility index (Phi) is 6.37. The van der Waals surface area contributed by atoms with Gasteiger partial charge in [0.05, 0.1) is 13.0 Å². The van der Waals surface area contributed by atoms with Crippen molar-refractivity contribution < 1.29 is 9.59 Å². The highest BCUT2D eigenvalue weighted by Crippen LogP contribution is 2.32. The lowest BCUT2D eigenvalue weighted by molar-refractivity contribution is -0.117. The summed E-state index contributed by atoms with van der Waals surface area (Å²) in [6, 6.07) is 16.1. The lowest BCUT2D eigenvalue weighted by Crippen LogP contribution is -2.42. The lowest BCUT2D eigenvalue weighted by atomic mass is 9.97. The third-order valence-corrected chi connectivity index (χ3v) is 7.17. The summed E-state index contributed by atoms with van der Waals surface area (Å²) in [4.78, 5) is 39.0. The summed E-state index contributed by atoms with van der Waals surface area (Å²) in [6.07, 6.45) is 5.41. The van der Waals surface area contributed by atoms with Gasteiger partial charge in [-0.2, -0.15) is 0 Å². The molecule has 0 N–H and O–H groups in total. The average Bonchev–Trinajstić information content (AvgIpc) is 3.18. The Balaban J connectivity index is 1.37. The summed E-state index contributed by atoms with van der Waals surface area (Å²) in [5.41, 5.74) is 4.71. The van der Waals surface area contributed by atoms with Crippen LogP contribution in [-0.4, -0.2) is 39.3 Å². The molecule has 0 saturated carbocycles. The molecule has 1 unspecified atom stereocenters. The first-order valence-corrected chi connectivity index (χ1v) is 12.6. The van der Waals surface area contributed by atoms with E-state index in [1.807, 2.05) is 47.4 Å². The fraction of sp³-hybridized carbons (Fsp3) is 0.379. The Labute approximate surface area is 207 Å². The predicted octanol–water partition coefficient (Wildman–Crippen LogP) is 5.37. The van der Waals surface area contributed by atoms with E-state index in [1.54, 1.807) is 11.1 Å². The Morgan fingerprint density at radius 2 is 1.86 bits per heavy atom. The molecule has 1 fully saturated rings. The van der Waals surface area contributed by atoms with E-state index in [9.17, 15) is 9.59 Å². The fourth-order valence-corrected chi connectivity index (χ4v) is 5.13. The van der Waals surface area contributed by atoms with E-state index in [1.165, 1.54) is 12.0 Å². The number of likely N-dealkylation sites (tertiary alicyclic amines) is 1. The van der Waals surface area contributed by atoms with Gasteiger partial charge >= 0.3 is 0 Å². The lowest BCUT2D eigenvalue weighted by Gasteiger charge is -2.33. The fourth-order valence-electron chi connectivity index (χ4n) is 5.13. The molecule has 3 heterocycles. The molecule has 2 aliphatic heterocycles. The molecule has 180 valence electrons. The van der Waals surface area contributed by atoms with E-state index < -0.39 is 0 Å². The molecule has 6 heteroatoms. The van der Waals surface area contributed by atoms with Crippen LogP contribution in [0, 0.1) is 0 Å². The van der Waals surface area contributed by atoms with Crippen LogP contribution in [0.15, 0.2) is 54.7 Å². The quantitative estimate of drug-likeness (QED) is 0.505. The third kappa shape index (κ3) is 4.57. The third-order valence-electron chi connectivity index (χ3n) is 7.17. The van der Waals surface area contributed by atoms with E-state index >= 15 is 0 Å². The molecule has 1 saturated heterocycles. The summed E-state index contributed by atoms with van der Waals surface area (Å²) in [7, 11) is 0. The summed E-state index contributed by atoms with van der Waals surface area (Å²) in [5, 5.41) is 0. The maximum absolute atomic E-state index is 13.0. The number of amides is 2. The summed E-state index contributed by atoms with van der Waals surface area (Å²) in [5.74, 6) is 1.78. The van der Waals surface area contributed by atoms with Gasteiger partial charge in [-0.25, -0.2) is 9.97 Å². The van der Waals surface area contributed by atoms with E-state index in [-0.39, 0.29) is 17.9 Å². The molecule has 1 atom stereocenters. The second kappa shape index (κ2) is 9.61. The average molecular weight is 469 g/mol. The van der Waals surface area contributed by atoms with Crippen molar-refractivity contribution in [2.75, 3.05) is 11.4 Å². The molecule has 5 rings (SSSR count). The van der Waals surface area contributed by atoms with Gasteiger partial charge in [0.2, 0.25) is 5.91 Å². The second-order valence-electron chi connectivity index (χ2n) is 9.98. The first kappa shape index (κ1) is 23.2. The van der Waals surface area contributed by atoms with Gasteiger partial charge in [0.15, 0.2) is 5.82 Å². The van der Waals surface area contributed by atoms with Gasteiger partial charge in [-0.1, -0.05) is 50.2 Å². The first-order chi connectivity index (χ1) is 16.9. The van der Waals surface area contributed by atoms with Gasteiger partial charge < -0.3 is 4.90 Å². The van der Waals surface area contributed by atoms with Crippen LogP contribution in [0.5, 0.6) is 0 Å². The van der Waals surface area contributed by atoms with Crippen LogP contribution in [0.4, 0.5) is 5.82 Å². The Morgan fingerprint density at radius 3 is 2.60 bits per heavy atom. The van der Waals surface area contributed by atoms with Gasteiger partial charge in [-0.3, -0.25) is 14.5 Å². The number of carbonyl (C=O) groups excluding carboxylic acids is 2. The molecule has 0 radical (unpaired) electrons. The first-order valence-electron chi connectivity index (χ1n) is 12.6. The van der Waals surface area contributed by atoms with Crippen LogP contribution in [0.1, 0.15) is 73.0 Å². The second-order valence-corrected chi connectivity index (χ2v) is 9.98. The van der Waals surface area contributed by atoms with E-state index in [0.717, 1.165) is 36.1 Å². The smallest absolute Gasteiger partial charge is 0.254 e. The van der Waals surface area contributed by atoms with Crippen molar-refractivity contribution >= 4 is 17.6 Å². The summed E-state index contributed by atoms with van der Waals surface area (Å²) >= 11 is 0. The van der Waals surface area contributed by atoms with Crippen molar-refractivity contribution in [2.45, 2.75) is 65.0 Å². The molecule has 35 heavy (non-hydrogen) atoms. The number of aromatic nitrogens is 2. The van der Waals surface area contributed by atoms with E-state index in [2.05, 4.69) is 31.8 Å². The topological polar surface area (TPSA) is 66.4 Å². The Hall–Kier alpha value is -3.54. The minimum absolute atomic E-state index is 0.0193. The molecule has 1 aromatic heterocycles. The number of fused-ring (bicyclic) bond motifs is 1. The molecule has 2 aliphatic rings. The SMILES string of the molecule is CC(C)c1ccccc1-c1ncc2c(n1)N(Cc1ccc(C(=O)N3CCCCC3C)cc1)C(=O)C2. The summed E-state index contributed by atoms with van der Waals surface area (Å²) in [6.45, 7) is 7.67. The van der Waals surface area contributed by atoms with Crippen LogP contribution in [0.2, 0.25) is 0 Å². The van der Waals surface area contributed by atoms with Gasteiger partial charge in [0.1, 0.15) is 5.82 Å². The monoisotopic (exact) mass is 468 g/mol. The number of rotatable bonds is 5. The normalized spacial score (nSPS) is 17.7. The number of hydrogen-bond acceptors (Lipinski definition) is 4. The predicted molar refractivity (Wildman–Crippen MR) is 137 cm³/mol. The molecule has 6 nitrogen and oxygen atoms in total. The van der Waals surface area contributed by atoms with Crippen molar-refractivity contribution in [1.29, 1.82) is 0 Å². The molecular weight excluding hydrogens is 436 g/mol. The van der Waals surface area contributed by atoms with Crippen molar-refractivity contribution in [2.24, 2.45) is 0 Å². The maximum Gasteiger partial charge on any atom is 0.254 e. The summed E-state index contributed by atoms with van der Waals surface area (Å²) < 4.78 is 0. The Bertz CT molecular complexity index is 1250. The molecule has 0 spiro atoms. The van der Waals surface area contributed by atoms with E-state index in [4.69, 9.17) is 4.98 Å². The van der Waals surface area contributed by atoms with Crippen molar-refractivity contribution in [3.63, 3.8) is 0 Å². The van der Waals surface area contributed by atoms with Crippen LogP contribution in [0.3, 0.4) is 0 Å². The number of hydrogen-bond donors (Lipinski definition) is 0. The number of anilines is 1. The van der Waals surface area contributed by atoms with Crippen molar-refractivity contribution in [1.82, 2.24) is 14.9 Å². The minimum Gasteiger partial charge on any atom is -0.336 e. The van der Waals surface area contributed by atoms with Crippen molar-refractivity contribution in [3.05, 3.63) is 77.0 Å². The number of nitrogens with zero attached hydrogens (tertiary/aromatic N) is 4.